The van der Waals surface area contributed by atoms with Crippen LogP contribution in [0.3, 0.4) is 0 Å². The second-order valence-corrected chi connectivity index (χ2v) is 5.38. The van der Waals surface area contributed by atoms with Gasteiger partial charge in [0.05, 0.1) is 5.56 Å². The van der Waals surface area contributed by atoms with E-state index in [1.54, 1.807) is 12.3 Å². The summed E-state index contributed by atoms with van der Waals surface area (Å²) in [4.78, 5) is 16.5. The smallest absolute Gasteiger partial charge is 0.255 e. The molecule has 2 N–H and O–H groups in total. The molecule has 0 aliphatic heterocycles. The fraction of sp³-hybridized carbons (Fsp3) is 0.571. The van der Waals surface area contributed by atoms with E-state index in [-0.39, 0.29) is 11.4 Å². The van der Waals surface area contributed by atoms with Crippen LogP contribution in [0.4, 0.5) is 5.82 Å². The second kappa shape index (κ2) is 4.96. The van der Waals surface area contributed by atoms with Crippen LogP contribution in [-0.2, 0) is 0 Å². The molecule has 18 heavy (non-hydrogen) atoms. The Kier molecular flexibility index (Phi) is 3.55. The third-order valence-electron chi connectivity index (χ3n) is 3.43. The molecule has 0 bridgehead atoms. The quantitative estimate of drug-likeness (QED) is 0.840. The largest absolute Gasteiger partial charge is 0.370 e. The van der Waals surface area contributed by atoms with Gasteiger partial charge in [0.15, 0.2) is 0 Å². The maximum Gasteiger partial charge on any atom is 0.255 e. The number of anilines is 1. The van der Waals surface area contributed by atoms with E-state index in [0.717, 1.165) is 6.54 Å². The number of carbonyl (C=O) groups is 1. The molecule has 4 heteroatoms. The predicted molar refractivity (Wildman–Crippen MR) is 72.7 cm³/mol. The zero-order valence-electron chi connectivity index (χ0n) is 11.3. The second-order valence-electron chi connectivity index (χ2n) is 5.38. The number of amides is 1. The lowest BCUT2D eigenvalue weighted by Gasteiger charge is -2.26. The molecule has 1 aliphatic carbocycles. The molecule has 0 radical (unpaired) electrons. The van der Waals surface area contributed by atoms with E-state index in [1.807, 2.05) is 13.0 Å². The van der Waals surface area contributed by atoms with Crippen molar-refractivity contribution in [1.29, 1.82) is 0 Å². The maximum absolute atomic E-state index is 12.3. The van der Waals surface area contributed by atoms with E-state index in [2.05, 4.69) is 29.5 Å². The summed E-state index contributed by atoms with van der Waals surface area (Å²) >= 11 is 0. The van der Waals surface area contributed by atoms with E-state index in [4.69, 9.17) is 0 Å². The number of pyridine rings is 1. The van der Waals surface area contributed by atoms with Gasteiger partial charge in [-0.05, 0) is 51.7 Å². The Morgan fingerprint density at radius 2 is 2.22 bits per heavy atom. The van der Waals surface area contributed by atoms with Gasteiger partial charge < -0.3 is 10.6 Å². The normalized spacial score (nSPS) is 15.3. The van der Waals surface area contributed by atoms with Gasteiger partial charge in [-0.25, -0.2) is 4.98 Å². The van der Waals surface area contributed by atoms with Crippen LogP contribution in [0.15, 0.2) is 18.3 Å². The molecule has 0 aromatic carbocycles. The molecule has 2 rings (SSSR count). The van der Waals surface area contributed by atoms with Crippen LogP contribution < -0.4 is 10.6 Å². The highest BCUT2D eigenvalue weighted by atomic mass is 16.1. The van der Waals surface area contributed by atoms with E-state index >= 15 is 0 Å². The molecule has 1 aliphatic rings. The minimum absolute atomic E-state index is 0.0454. The van der Waals surface area contributed by atoms with Crippen LogP contribution in [0.1, 0.15) is 44.0 Å². The predicted octanol–water partition coefficient (Wildman–Crippen LogP) is 2.43. The highest BCUT2D eigenvalue weighted by molar-refractivity contribution is 5.99. The SMILES string of the molecule is CCNc1ncccc1C(=O)NC(C)(C)C1CC1. The molecule has 1 fully saturated rings. The zero-order valence-corrected chi connectivity index (χ0v) is 11.3. The Labute approximate surface area is 108 Å². The molecular weight excluding hydrogens is 226 g/mol. The highest BCUT2D eigenvalue weighted by Crippen LogP contribution is 2.39. The maximum atomic E-state index is 12.3. The Bertz CT molecular complexity index is 438. The average Bonchev–Trinajstić information content (AvgIpc) is 3.13. The standard InChI is InChI=1S/C14H21N3O/c1-4-15-12-11(6-5-9-16-12)13(18)17-14(2,3)10-7-8-10/h5-6,9-10H,4,7-8H2,1-3H3,(H,15,16)(H,17,18). The summed E-state index contributed by atoms with van der Waals surface area (Å²) in [5.41, 5.74) is 0.490. The topological polar surface area (TPSA) is 54.0 Å². The van der Waals surface area contributed by atoms with Crippen molar-refractivity contribution in [3.63, 3.8) is 0 Å². The van der Waals surface area contributed by atoms with E-state index < -0.39 is 0 Å². The fourth-order valence-electron chi connectivity index (χ4n) is 2.16. The van der Waals surface area contributed by atoms with Crippen molar-refractivity contribution >= 4 is 11.7 Å². The monoisotopic (exact) mass is 247 g/mol. The van der Waals surface area contributed by atoms with Gasteiger partial charge in [0.25, 0.3) is 5.91 Å². The molecule has 0 spiro atoms. The first-order valence-corrected chi connectivity index (χ1v) is 6.56. The molecule has 0 unspecified atom stereocenters. The van der Waals surface area contributed by atoms with Crippen LogP contribution in [0.2, 0.25) is 0 Å². The van der Waals surface area contributed by atoms with Crippen LogP contribution in [-0.4, -0.2) is 23.0 Å². The Morgan fingerprint density at radius 1 is 1.50 bits per heavy atom. The number of hydrogen-bond donors (Lipinski definition) is 2. The van der Waals surface area contributed by atoms with Gasteiger partial charge in [-0.15, -0.1) is 0 Å². The summed E-state index contributed by atoms with van der Waals surface area (Å²) < 4.78 is 0. The average molecular weight is 247 g/mol. The molecule has 1 aromatic rings. The van der Waals surface area contributed by atoms with Gasteiger partial charge in [0.2, 0.25) is 0 Å². The van der Waals surface area contributed by atoms with Gasteiger partial charge in [0.1, 0.15) is 5.82 Å². The van der Waals surface area contributed by atoms with Gasteiger partial charge in [-0.1, -0.05) is 0 Å². The minimum atomic E-state index is -0.129. The van der Waals surface area contributed by atoms with Crippen molar-refractivity contribution in [2.75, 3.05) is 11.9 Å². The Morgan fingerprint density at radius 3 is 2.83 bits per heavy atom. The lowest BCUT2D eigenvalue weighted by Crippen LogP contribution is -2.45. The van der Waals surface area contributed by atoms with Gasteiger partial charge in [-0.2, -0.15) is 0 Å². The number of carbonyl (C=O) groups excluding carboxylic acids is 1. The summed E-state index contributed by atoms with van der Waals surface area (Å²) in [6, 6.07) is 3.60. The summed E-state index contributed by atoms with van der Waals surface area (Å²) in [6.45, 7) is 6.92. The van der Waals surface area contributed by atoms with E-state index in [0.29, 0.717) is 17.3 Å². The van der Waals surface area contributed by atoms with Crippen molar-refractivity contribution in [3.05, 3.63) is 23.9 Å². The third-order valence-corrected chi connectivity index (χ3v) is 3.43. The number of rotatable bonds is 5. The van der Waals surface area contributed by atoms with E-state index in [1.165, 1.54) is 12.8 Å². The summed E-state index contributed by atoms with van der Waals surface area (Å²) in [6.07, 6.45) is 4.11. The summed E-state index contributed by atoms with van der Waals surface area (Å²) in [5.74, 6) is 1.22. The number of nitrogens with one attached hydrogen (secondary N) is 2. The number of nitrogens with zero attached hydrogens (tertiary/aromatic N) is 1. The van der Waals surface area contributed by atoms with Gasteiger partial charge >= 0.3 is 0 Å². The first kappa shape index (κ1) is 12.9. The van der Waals surface area contributed by atoms with Crippen molar-refractivity contribution in [2.45, 2.75) is 39.2 Å². The molecule has 4 nitrogen and oxygen atoms in total. The lowest BCUT2D eigenvalue weighted by molar-refractivity contribution is 0.0904. The lowest BCUT2D eigenvalue weighted by atomic mass is 9.98. The fourth-order valence-corrected chi connectivity index (χ4v) is 2.16. The van der Waals surface area contributed by atoms with Gasteiger partial charge in [0, 0.05) is 18.3 Å². The summed E-state index contributed by atoms with van der Waals surface area (Å²) in [7, 11) is 0. The molecule has 98 valence electrons. The Hall–Kier alpha value is -1.58. The molecule has 1 aromatic heterocycles. The molecule has 0 atom stereocenters. The van der Waals surface area contributed by atoms with Crippen LogP contribution in [0.5, 0.6) is 0 Å². The summed E-state index contributed by atoms with van der Waals surface area (Å²) in [5, 5.41) is 6.23. The van der Waals surface area contributed by atoms with Crippen molar-refractivity contribution in [2.24, 2.45) is 5.92 Å². The van der Waals surface area contributed by atoms with Crippen molar-refractivity contribution in [3.8, 4) is 0 Å². The van der Waals surface area contributed by atoms with Crippen LogP contribution >= 0.6 is 0 Å². The zero-order chi connectivity index (χ0) is 13.2. The molecule has 1 heterocycles. The van der Waals surface area contributed by atoms with Crippen molar-refractivity contribution in [1.82, 2.24) is 10.3 Å². The van der Waals surface area contributed by atoms with Gasteiger partial charge in [-0.3, -0.25) is 4.79 Å². The number of aromatic nitrogens is 1. The van der Waals surface area contributed by atoms with E-state index in [9.17, 15) is 4.79 Å². The molecule has 0 saturated heterocycles. The van der Waals surface area contributed by atoms with Crippen LogP contribution in [0, 0.1) is 5.92 Å². The van der Waals surface area contributed by atoms with Crippen LogP contribution in [0.25, 0.3) is 0 Å². The Balaban J connectivity index is 2.13. The minimum Gasteiger partial charge on any atom is -0.370 e. The van der Waals surface area contributed by atoms with Crippen molar-refractivity contribution < 1.29 is 4.79 Å². The molecular formula is C14H21N3O. The number of hydrogen-bond acceptors (Lipinski definition) is 3. The molecule has 1 amide bonds. The third kappa shape index (κ3) is 2.81. The molecule has 1 saturated carbocycles. The highest BCUT2D eigenvalue weighted by Gasteiger charge is 2.39. The first-order valence-electron chi connectivity index (χ1n) is 6.56. The first-order chi connectivity index (χ1) is 8.54.